The summed E-state index contributed by atoms with van der Waals surface area (Å²) in [4.78, 5) is 65.8. The number of carbonyl (C=O) groups excluding carboxylic acids is 5. The zero-order valence-corrected chi connectivity index (χ0v) is 27.6. The van der Waals surface area contributed by atoms with E-state index in [9.17, 15) is 37.5 Å². The maximum atomic E-state index is 13.1. The number of rotatable bonds is 15. The van der Waals surface area contributed by atoms with Crippen LogP contribution in [0.2, 0.25) is 0 Å². The molecule has 0 spiro atoms. The Morgan fingerprint density at radius 1 is 1.18 bits per heavy atom. The molecule has 3 rings (SSSR count). The van der Waals surface area contributed by atoms with E-state index in [-0.39, 0.29) is 18.7 Å². The van der Waals surface area contributed by atoms with Gasteiger partial charge in [0.1, 0.15) is 29.8 Å². The molecule has 4 atom stereocenters. The number of nitrogens with two attached hydrogens (primary N) is 1. The molecule has 1 unspecified atom stereocenters. The number of halogens is 1. The number of likely N-dealkylation sites (N-methyl/N-ethyl adjacent to an activating group) is 1. The molecule has 15 nitrogen and oxygen atoms in total. The predicted octanol–water partition coefficient (Wildman–Crippen LogP) is -0.186. The van der Waals surface area contributed by atoms with Crippen LogP contribution in [-0.4, -0.2) is 110 Å². The van der Waals surface area contributed by atoms with Crippen LogP contribution in [0, 0.1) is 0 Å². The largest absolute Gasteiger partial charge is 0.451 e. The molecule has 0 aliphatic carbocycles. The van der Waals surface area contributed by atoms with E-state index in [1.165, 1.54) is 18.9 Å². The average molecular weight is 716 g/mol. The summed E-state index contributed by atoms with van der Waals surface area (Å²) in [7, 11) is -2.52. The third-order valence-electron chi connectivity index (χ3n) is 7.53. The monoisotopic (exact) mass is 714 g/mol. The fourth-order valence-electron chi connectivity index (χ4n) is 5.01. The zero-order valence-electron chi connectivity index (χ0n) is 25.2. The lowest BCUT2D eigenvalue weighted by atomic mass is 10.1. The van der Waals surface area contributed by atoms with Crippen molar-refractivity contribution < 1.29 is 41.9 Å². The number of nitrogens with one attached hydrogen (secondary N) is 3. The van der Waals surface area contributed by atoms with Gasteiger partial charge in [-0.05, 0) is 63.3 Å². The number of benzene rings is 1. The number of furan rings is 1. The minimum Gasteiger partial charge on any atom is -0.451 e. The van der Waals surface area contributed by atoms with Crippen molar-refractivity contribution in [2.75, 3.05) is 33.0 Å². The number of amides is 5. The second-order valence-electron chi connectivity index (χ2n) is 10.9. The first kappa shape index (κ1) is 35.9. The first-order valence-electron chi connectivity index (χ1n) is 14.3. The van der Waals surface area contributed by atoms with Crippen molar-refractivity contribution in [1.29, 1.82) is 0 Å². The molecule has 1 aliphatic heterocycles. The van der Waals surface area contributed by atoms with Crippen LogP contribution in [-0.2, 0) is 29.2 Å². The average Bonchev–Trinajstić information content (AvgIpc) is 3.64. The second kappa shape index (κ2) is 15.6. The summed E-state index contributed by atoms with van der Waals surface area (Å²) in [6.07, 6.45) is 2.61. The number of sulfonamides is 1. The Labute approximate surface area is 269 Å². The van der Waals surface area contributed by atoms with Gasteiger partial charge in [0, 0.05) is 30.0 Å². The molecule has 0 bridgehead atoms. The van der Waals surface area contributed by atoms with Crippen molar-refractivity contribution in [3.05, 3.63) is 34.5 Å². The van der Waals surface area contributed by atoms with E-state index in [0.717, 1.165) is 21.0 Å². The highest BCUT2D eigenvalue weighted by Crippen LogP contribution is 2.23. The summed E-state index contributed by atoms with van der Waals surface area (Å²) in [5, 5.41) is 15.7. The van der Waals surface area contributed by atoms with Gasteiger partial charge in [0.05, 0.1) is 12.9 Å². The topological polar surface area (TPSA) is 221 Å². The van der Waals surface area contributed by atoms with Crippen LogP contribution >= 0.6 is 15.9 Å². The van der Waals surface area contributed by atoms with Crippen LogP contribution in [0.25, 0.3) is 11.0 Å². The number of nitrogens with zero attached hydrogens (tertiary/aromatic N) is 2. The van der Waals surface area contributed by atoms with Crippen LogP contribution in [0.15, 0.2) is 33.2 Å². The van der Waals surface area contributed by atoms with E-state index in [2.05, 4.69) is 31.3 Å². The van der Waals surface area contributed by atoms with E-state index in [1.807, 2.05) is 12.1 Å². The Hall–Kier alpha value is -3.54. The van der Waals surface area contributed by atoms with Crippen LogP contribution in [0.1, 0.15) is 49.6 Å². The van der Waals surface area contributed by atoms with Gasteiger partial charge in [0.2, 0.25) is 33.7 Å². The molecular weight excluding hydrogens is 676 g/mol. The number of carbonyl (C=O) groups is 5. The molecule has 6 N–H and O–H groups in total. The lowest BCUT2D eigenvalue weighted by Crippen LogP contribution is -2.58. The number of hydrogen-bond donors (Lipinski definition) is 5. The fraction of sp³-hybridized carbons (Fsp3) is 0.536. The van der Waals surface area contributed by atoms with Crippen molar-refractivity contribution in [1.82, 2.24) is 25.2 Å². The van der Waals surface area contributed by atoms with Crippen molar-refractivity contribution in [2.24, 2.45) is 5.73 Å². The number of aliphatic hydroxyl groups excluding tert-OH is 1. The minimum atomic E-state index is -3.84. The molecule has 1 aromatic heterocycles. The Balaban J connectivity index is 1.55. The van der Waals surface area contributed by atoms with Crippen LogP contribution < -0.4 is 21.1 Å². The molecule has 0 saturated carbocycles. The van der Waals surface area contributed by atoms with Crippen LogP contribution in [0.3, 0.4) is 0 Å². The van der Waals surface area contributed by atoms with Crippen LogP contribution in [0.4, 0.5) is 0 Å². The van der Waals surface area contributed by atoms with E-state index in [4.69, 9.17) is 10.2 Å². The fourth-order valence-corrected chi connectivity index (χ4v) is 6.09. The summed E-state index contributed by atoms with van der Waals surface area (Å²) >= 11 is 3.35. The zero-order chi connectivity index (χ0) is 33.5. The van der Waals surface area contributed by atoms with Gasteiger partial charge in [0.25, 0.3) is 5.91 Å². The number of fused-ring (bicyclic) bond motifs is 1. The predicted molar refractivity (Wildman–Crippen MR) is 167 cm³/mol. The van der Waals surface area contributed by atoms with Gasteiger partial charge in [-0.15, -0.1) is 0 Å². The molecule has 1 aliphatic rings. The third kappa shape index (κ3) is 9.72. The SMILES string of the molecule is C[C@@H](C(=O)N1CCCC1C(N)=O)N(C)C(=O)[C@H](CO)NC(=O)[C@H](CCCCNC(=O)c1cc2ccc(Br)cc2o1)NS(C)(=O)=O. The summed E-state index contributed by atoms with van der Waals surface area (Å²) in [6.45, 7) is 1.15. The van der Waals surface area contributed by atoms with Gasteiger partial charge in [-0.2, -0.15) is 0 Å². The molecule has 248 valence electrons. The molecule has 0 radical (unpaired) electrons. The highest BCUT2D eigenvalue weighted by atomic mass is 79.9. The highest BCUT2D eigenvalue weighted by Gasteiger charge is 2.38. The summed E-state index contributed by atoms with van der Waals surface area (Å²) in [5.41, 5.74) is 5.95. The first-order valence-corrected chi connectivity index (χ1v) is 17.0. The van der Waals surface area contributed by atoms with Crippen molar-refractivity contribution in [3.63, 3.8) is 0 Å². The van der Waals surface area contributed by atoms with Crippen molar-refractivity contribution in [3.8, 4) is 0 Å². The van der Waals surface area contributed by atoms with Crippen molar-refractivity contribution in [2.45, 2.75) is 63.2 Å². The van der Waals surface area contributed by atoms with E-state index < -0.39 is 70.3 Å². The lowest BCUT2D eigenvalue weighted by Gasteiger charge is -2.32. The standard InChI is InChI=1S/C28H39BrN6O9S/c1-16(27(40)35-12-6-8-21(35)24(30)37)34(2)28(41)20(15-36)32-25(38)19(33-45(3,42)43)7-4-5-11-31-26(39)23-13-17-9-10-18(29)14-22(17)44-23/h9-10,13-14,16,19-21,33,36H,4-8,11-12,15H2,1-3H3,(H2,30,37)(H,31,39)(H,32,38)/t16-,19-,20-,21?/m0/s1. The Kier molecular flexibility index (Phi) is 12.5. The number of aliphatic hydroxyl groups is 1. The molecule has 2 heterocycles. The van der Waals surface area contributed by atoms with Gasteiger partial charge < -0.3 is 35.7 Å². The normalized spacial score (nSPS) is 17.0. The van der Waals surface area contributed by atoms with Gasteiger partial charge in [-0.25, -0.2) is 13.1 Å². The molecule has 17 heteroatoms. The lowest BCUT2D eigenvalue weighted by molar-refractivity contribution is -0.148. The van der Waals surface area contributed by atoms with Gasteiger partial charge >= 0.3 is 0 Å². The van der Waals surface area contributed by atoms with Gasteiger partial charge in [-0.1, -0.05) is 15.9 Å². The highest BCUT2D eigenvalue weighted by molar-refractivity contribution is 9.10. The van der Waals surface area contributed by atoms with Gasteiger partial charge in [0.15, 0.2) is 5.76 Å². The third-order valence-corrected chi connectivity index (χ3v) is 8.74. The number of hydrogen-bond acceptors (Lipinski definition) is 9. The Bertz CT molecular complexity index is 1530. The number of primary amides is 1. The quantitative estimate of drug-likeness (QED) is 0.154. The Morgan fingerprint density at radius 3 is 2.53 bits per heavy atom. The minimum absolute atomic E-state index is 0.0218. The number of unbranched alkanes of at least 4 members (excludes halogenated alkanes) is 1. The first-order chi connectivity index (χ1) is 21.1. The second-order valence-corrected chi connectivity index (χ2v) is 13.6. The maximum Gasteiger partial charge on any atom is 0.287 e. The summed E-state index contributed by atoms with van der Waals surface area (Å²) < 4.78 is 32.6. The van der Waals surface area contributed by atoms with E-state index in [0.29, 0.717) is 37.8 Å². The van der Waals surface area contributed by atoms with E-state index >= 15 is 0 Å². The smallest absolute Gasteiger partial charge is 0.287 e. The molecule has 1 aromatic carbocycles. The summed E-state index contributed by atoms with van der Waals surface area (Å²) in [6, 6.07) is 2.42. The van der Waals surface area contributed by atoms with Gasteiger partial charge in [-0.3, -0.25) is 24.0 Å². The molecular formula is C28H39BrN6O9S. The molecule has 2 aromatic rings. The maximum absolute atomic E-state index is 13.1. The molecule has 45 heavy (non-hydrogen) atoms. The molecule has 5 amide bonds. The van der Waals surface area contributed by atoms with E-state index in [1.54, 1.807) is 12.1 Å². The van der Waals surface area contributed by atoms with Crippen molar-refractivity contribution >= 4 is 66.5 Å². The Morgan fingerprint density at radius 2 is 1.89 bits per heavy atom. The molecule has 1 saturated heterocycles. The molecule has 1 fully saturated rings. The van der Waals surface area contributed by atoms with Crippen LogP contribution in [0.5, 0.6) is 0 Å². The number of likely N-dealkylation sites (tertiary alicyclic amines) is 1. The summed E-state index contributed by atoms with van der Waals surface area (Å²) in [5.74, 6) is -3.09.